The average molecular weight is 439 g/mol. The summed E-state index contributed by atoms with van der Waals surface area (Å²) in [4.78, 5) is 12.5. The largest absolute Gasteiger partial charge is 0.497 e. The van der Waals surface area contributed by atoms with Gasteiger partial charge in [0.25, 0.3) is 15.9 Å². The van der Waals surface area contributed by atoms with Gasteiger partial charge in [-0.2, -0.15) is 5.10 Å². The Morgan fingerprint density at radius 3 is 2.29 bits per heavy atom. The monoisotopic (exact) mass is 439 g/mol. The Morgan fingerprint density at radius 2 is 1.65 bits per heavy atom. The Kier molecular flexibility index (Phi) is 6.88. The molecular weight excluding hydrogens is 418 g/mol. The van der Waals surface area contributed by atoms with E-state index in [2.05, 4.69) is 15.2 Å². The molecule has 0 saturated heterocycles. The lowest BCUT2D eigenvalue weighted by molar-refractivity contribution is 0.0955. The molecule has 0 fully saturated rings. The molecule has 2 N–H and O–H groups in total. The van der Waals surface area contributed by atoms with Crippen LogP contribution in [0.1, 0.15) is 15.9 Å². The number of amides is 1. The third-order valence-electron chi connectivity index (χ3n) is 4.26. The molecule has 9 heteroatoms. The normalized spacial score (nSPS) is 11.2. The van der Waals surface area contributed by atoms with Gasteiger partial charge in [0.05, 0.1) is 25.3 Å². The number of nitrogens with one attached hydrogen (secondary N) is 2. The van der Waals surface area contributed by atoms with Crippen molar-refractivity contribution >= 4 is 27.8 Å². The predicted octanol–water partition coefficient (Wildman–Crippen LogP) is 3.27. The Morgan fingerprint density at radius 1 is 0.935 bits per heavy atom. The number of hydrogen-bond acceptors (Lipinski definition) is 6. The van der Waals surface area contributed by atoms with Crippen molar-refractivity contribution in [2.24, 2.45) is 5.10 Å². The maximum absolute atomic E-state index is 12.4. The van der Waals surface area contributed by atoms with Crippen molar-refractivity contribution in [3.05, 3.63) is 83.9 Å². The number of sulfonamides is 1. The Balaban J connectivity index is 1.65. The highest BCUT2D eigenvalue weighted by atomic mass is 32.2. The predicted molar refractivity (Wildman–Crippen MR) is 118 cm³/mol. The van der Waals surface area contributed by atoms with Crippen molar-refractivity contribution in [2.45, 2.75) is 4.90 Å². The first-order valence-electron chi connectivity index (χ1n) is 9.16. The number of nitrogens with zero attached hydrogens (tertiary/aromatic N) is 1. The molecule has 0 atom stereocenters. The number of carbonyl (C=O) groups is 1. The van der Waals surface area contributed by atoms with E-state index in [4.69, 9.17) is 9.47 Å². The quantitative estimate of drug-likeness (QED) is 0.414. The van der Waals surface area contributed by atoms with Gasteiger partial charge in [-0.15, -0.1) is 0 Å². The molecule has 0 aromatic heterocycles. The Hall–Kier alpha value is -3.85. The molecule has 31 heavy (non-hydrogen) atoms. The van der Waals surface area contributed by atoms with E-state index < -0.39 is 15.9 Å². The highest BCUT2D eigenvalue weighted by molar-refractivity contribution is 7.92. The summed E-state index contributed by atoms with van der Waals surface area (Å²) >= 11 is 0. The van der Waals surface area contributed by atoms with Gasteiger partial charge in [0, 0.05) is 16.8 Å². The van der Waals surface area contributed by atoms with Crippen LogP contribution in [0, 0.1) is 0 Å². The highest BCUT2D eigenvalue weighted by Crippen LogP contribution is 2.22. The fourth-order valence-electron chi connectivity index (χ4n) is 2.67. The Bertz CT molecular complexity index is 1180. The molecule has 1 amide bonds. The van der Waals surface area contributed by atoms with Crippen LogP contribution in [0.4, 0.5) is 5.69 Å². The van der Waals surface area contributed by atoms with Gasteiger partial charge >= 0.3 is 0 Å². The fourth-order valence-corrected chi connectivity index (χ4v) is 3.75. The van der Waals surface area contributed by atoms with E-state index in [-0.39, 0.29) is 4.90 Å². The van der Waals surface area contributed by atoms with E-state index >= 15 is 0 Å². The molecule has 0 bridgehead atoms. The van der Waals surface area contributed by atoms with Crippen LogP contribution in [0.15, 0.2) is 82.8 Å². The first-order chi connectivity index (χ1) is 14.9. The summed E-state index contributed by atoms with van der Waals surface area (Å²) in [7, 11) is -0.617. The van der Waals surface area contributed by atoms with Crippen molar-refractivity contribution in [3.63, 3.8) is 0 Å². The van der Waals surface area contributed by atoms with E-state index in [9.17, 15) is 13.2 Å². The van der Waals surface area contributed by atoms with Gasteiger partial charge in [-0.25, -0.2) is 13.8 Å². The lowest BCUT2D eigenvalue weighted by Gasteiger charge is -2.08. The number of rotatable bonds is 8. The number of benzene rings is 3. The van der Waals surface area contributed by atoms with Crippen LogP contribution in [0.3, 0.4) is 0 Å². The zero-order valence-corrected chi connectivity index (χ0v) is 17.7. The lowest BCUT2D eigenvalue weighted by atomic mass is 10.2. The number of methoxy groups -OCH3 is 2. The van der Waals surface area contributed by atoms with Gasteiger partial charge < -0.3 is 9.47 Å². The number of hydrogen-bond donors (Lipinski definition) is 2. The molecule has 160 valence electrons. The van der Waals surface area contributed by atoms with Gasteiger partial charge in [-0.05, 0) is 54.6 Å². The summed E-state index contributed by atoms with van der Waals surface area (Å²) in [5.74, 6) is 0.756. The summed E-state index contributed by atoms with van der Waals surface area (Å²) in [6.07, 6.45) is 1.45. The SMILES string of the molecule is COc1ccc(OC)c(/C=N/NC(=O)c2ccc(NS(=O)(=O)c3ccccc3)cc2)c1. The van der Waals surface area contributed by atoms with Gasteiger partial charge in [0.15, 0.2) is 0 Å². The molecule has 0 unspecified atom stereocenters. The molecule has 8 nitrogen and oxygen atoms in total. The topological polar surface area (TPSA) is 106 Å². The smallest absolute Gasteiger partial charge is 0.271 e. The van der Waals surface area contributed by atoms with E-state index in [1.807, 2.05) is 0 Å². The van der Waals surface area contributed by atoms with Crippen LogP contribution >= 0.6 is 0 Å². The minimum Gasteiger partial charge on any atom is -0.497 e. The van der Waals surface area contributed by atoms with Crippen molar-refractivity contribution in [1.82, 2.24) is 5.43 Å². The van der Waals surface area contributed by atoms with Crippen LogP contribution in [-0.4, -0.2) is 34.8 Å². The van der Waals surface area contributed by atoms with Crippen LogP contribution < -0.4 is 19.6 Å². The van der Waals surface area contributed by atoms with E-state index in [0.29, 0.717) is 28.3 Å². The molecule has 0 aliphatic rings. The maximum Gasteiger partial charge on any atom is 0.271 e. The third kappa shape index (κ3) is 5.61. The molecule has 3 aromatic carbocycles. The van der Waals surface area contributed by atoms with Crippen molar-refractivity contribution in [2.75, 3.05) is 18.9 Å². The fraction of sp³-hybridized carbons (Fsp3) is 0.0909. The molecule has 3 rings (SSSR count). The van der Waals surface area contributed by atoms with Crippen molar-refractivity contribution < 1.29 is 22.7 Å². The van der Waals surface area contributed by atoms with Crippen molar-refractivity contribution in [1.29, 1.82) is 0 Å². The van der Waals surface area contributed by atoms with E-state index in [1.54, 1.807) is 43.5 Å². The number of carbonyl (C=O) groups excluding carboxylic acids is 1. The summed E-state index contributed by atoms with van der Waals surface area (Å²) in [6, 6.07) is 19.2. The van der Waals surface area contributed by atoms with Crippen LogP contribution in [0.5, 0.6) is 11.5 Å². The molecular formula is C22H21N3O5S. The van der Waals surface area contributed by atoms with Crippen LogP contribution in [-0.2, 0) is 10.0 Å². The van der Waals surface area contributed by atoms with Gasteiger partial charge in [-0.3, -0.25) is 9.52 Å². The highest BCUT2D eigenvalue weighted by Gasteiger charge is 2.14. The standard InChI is InChI=1S/C22H21N3O5S/c1-29-19-12-13-21(30-2)17(14-19)15-23-24-22(26)16-8-10-18(11-9-16)25-31(27,28)20-6-4-3-5-7-20/h3-15,25H,1-2H3,(H,24,26)/b23-15+. The van der Waals surface area contributed by atoms with Gasteiger partial charge in [-0.1, -0.05) is 18.2 Å². The molecule has 0 radical (unpaired) electrons. The molecule has 0 spiro atoms. The van der Waals surface area contributed by atoms with Crippen LogP contribution in [0.2, 0.25) is 0 Å². The zero-order valence-electron chi connectivity index (χ0n) is 16.9. The van der Waals surface area contributed by atoms with Crippen molar-refractivity contribution in [3.8, 4) is 11.5 Å². The van der Waals surface area contributed by atoms with Gasteiger partial charge in [0.2, 0.25) is 0 Å². The first-order valence-corrected chi connectivity index (χ1v) is 10.6. The molecule has 0 aliphatic heterocycles. The average Bonchev–Trinajstić information content (AvgIpc) is 2.79. The maximum atomic E-state index is 12.4. The second-order valence-electron chi connectivity index (χ2n) is 6.30. The number of ether oxygens (including phenoxy) is 2. The lowest BCUT2D eigenvalue weighted by Crippen LogP contribution is -2.18. The summed E-state index contributed by atoms with van der Waals surface area (Å²) in [6.45, 7) is 0. The number of hydrazone groups is 1. The summed E-state index contributed by atoms with van der Waals surface area (Å²) in [5, 5.41) is 3.95. The van der Waals surface area contributed by atoms with Gasteiger partial charge in [0.1, 0.15) is 11.5 Å². The molecule has 0 aliphatic carbocycles. The minimum atomic E-state index is -3.70. The first kappa shape index (κ1) is 21.8. The summed E-state index contributed by atoms with van der Waals surface area (Å²) in [5.41, 5.74) is 3.71. The second kappa shape index (κ2) is 9.77. The van der Waals surface area contributed by atoms with E-state index in [1.165, 1.54) is 49.7 Å². The zero-order chi connectivity index (χ0) is 22.3. The molecule has 3 aromatic rings. The van der Waals surface area contributed by atoms with Crippen LogP contribution in [0.25, 0.3) is 0 Å². The molecule has 0 saturated carbocycles. The minimum absolute atomic E-state index is 0.152. The molecule has 0 heterocycles. The number of anilines is 1. The van der Waals surface area contributed by atoms with E-state index in [0.717, 1.165) is 0 Å². The second-order valence-corrected chi connectivity index (χ2v) is 7.99. The third-order valence-corrected chi connectivity index (χ3v) is 5.66. The summed E-state index contributed by atoms with van der Waals surface area (Å²) < 4.78 is 37.6. The Labute approximate surface area is 180 Å².